The largest absolute Gasteiger partial charge is 0.443 e. The van der Waals surface area contributed by atoms with Crippen molar-refractivity contribution < 1.29 is 9.53 Å². The van der Waals surface area contributed by atoms with Gasteiger partial charge in [0.1, 0.15) is 5.60 Å². The van der Waals surface area contributed by atoms with Crippen LogP contribution in [0, 0.1) is 0 Å². The number of hydrogen-bond acceptors (Lipinski definition) is 4. The Balaban J connectivity index is 1.37. The summed E-state index contributed by atoms with van der Waals surface area (Å²) in [5.74, 6) is 0. The van der Waals surface area contributed by atoms with Crippen molar-refractivity contribution in [3.63, 3.8) is 0 Å². The van der Waals surface area contributed by atoms with E-state index in [4.69, 9.17) is 4.74 Å². The molecular weight excluding hydrogens is 566 g/mol. The van der Waals surface area contributed by atoms with Gasteiger partial charge in [-0.3, -0.25) is 0 Å². The minimum absolute atomic E-state index is 0.445. The Hall–Kier alpha value is -5.81. The van der Waals surface area contributed by atoms with Crippen LogP contribution >= 0.6 is 0 Å². The number of ether oxygens (including phenoxy) is 1. The van der Waals surface area contributed by atoms with Crippen molar-refractivity contribution in [2.75, 3.05) is 14.7 Å². The molecule has 0 unspecified atom stereocenters. The molecular formula is C41H37N3O2. The van der Waals surface area contributed by atoms with E-state index in [0.717, 1.165) is 34.1 Å². The van der Waals surface area contributed by atoms with Gasteiger partial charge in [0, 0.05) is 34.1 Å². The third kappa shape index (κ3) is 6.95. The molecule has 0 saturated carbocycles. The number of para-hydroxylation sites is 4. The van der Waals surface area contributed by atoms with Crippen molar-refractivity contribution in [2.24, 2.45) is 0 Å². The van der Waals surface area contributed by atoms with E-state index in [1.807, 2.05) is 142 Å². The second-order valence-corrected chi connectivity index (χ2v) is 11.9. The highest BCUT2D eigenvalue weighted by atomic mass is 16.6. The third-order valence-electron chi connectivity index (χ3n) is 7.37. The van der Waals surface area contributed by atoms with E-state index >= 15 is 0 Å². The molecule has 0 N–H and O–H groups in total. The van der Waals surface area contributed by atoms with Crippen LogP contribution in [0.2, 0.25) is 0 Å². The summed E-state index contributed by atoms with van der Waals surface area (Å²) in [6, 6.07) is 57.0. The average Bonchev–Trinajstić information content (AvgIpc) is 3.08. The van der Waals surface area contributed by atoms with E-state index in [2.05, 4.69) is 58.3 Å². The van der Waals surface area contributed by atoms with E-state index in [0.29, 0.717) is 11.4 Å². The molecule has 0 aliphatic carbocycles. The normalized spacial score (nSPS) is 11.0. The van der Waals surface area contributed by atoms with Crippen LogP contribution in [-0.2, 0) is 4.74 Å². The van der Waals surface area contributed by atoms with Gasteiger partial charge in [0.05, 0.1) is 11.4 Å². The molecule has 0 saturated heterocycles. The van der Waals surface area contributed by atoms with E-state index in [1.54, 1.807) is 4.90 Å². The molecule has 0 fully saturated rings. The van der Waals surface area contributed by atoms with Gasteiger partial charge in [0.2, 0.25) is 0 Å². The third-order valence-corrected chi connectivity index (χ3v) is 7.37. The fraction of sp³-hybridized carbons (Fsp3) is 0.0976. The molecule has 228 valence electrons. The van der Waals surface area contributed by atoms with Gasteiger partial charge >= 0.3 is 6.09 Å². The Bertz CT molecular complexity index is 1630. The first-order valence-corrected chi connectivity index (χ1v) is 15.4. The fourth-order valence-corrected chi connectivity index (χ4v) is 5.37. The molecule has 6 aromatic rings. The lowest BCUT2D eigenvalue weighted by molar-refractivity contribution is 0.0599. The van der Waals surface area contributed by atoms with Crippen LogP contribution in [0.1, 0.15) is 20.8 Å². The lowest BCUT2D eigenvalue weighted by Gasteiger charge is -2.30. The molecule has 6 aromatic carbocycles. The SMILES string of the molecule is CC(C)(C)OC(=O)N(c1ccc(N(c2ccccc2)c2ccccc2)cc1)c1ccc(N(c2ccccc2)c2ccccc2)cc1. The smallest absolute Gasteiger partial charge is 0.419 e. The van der Waals surface area contributed by atoms with Gasteiger partial charge in [0.25, 0.3) is 0 Å². The maximum absolute atomic E-state index is 13.8. The Labute approximate surface area is 271 Å². The summed E-state index contributed by atoms with van der Waals surface area (Å²) in [5.41, 5.74) is 6.87. The molecule has 0 bridgehead atoms. The zero-order chi connectivity index (χ0) is 31.9. The molecule has 0 spiro atoms. The molecule has 0 radical (unpaired) electrons. The Kier molecular flexibility index (Phi) is 8.84. The summed E-state index contributed by atoms with van der Waals surface area (Å²) in [6.07, 6.45) is -0.445. The van der Waals surface area contributed by atoms with Gasteiger partial charge in [-0.2, -0.15) is 0 Å². The Morgan fingerprint density at radius 3 is 0.891 bits per heavy atom. The van der Waals surface area contributed by atoms with E-state index in [1.165, 1.54) is 0 Å². The van der Waals surface area contributed by atoms with Gasteiger partial charge in [0.15, 0.2) is 0 Å². The lowest BCUT2D eigenvalue weighted by Crippen LogP contribution is -2.33. The van der Waals surface area contributed by atoms with Crippen molar-refractivity contribution in [3.8, 4) is 0 Å². The van der Waals surface area contributed by atoms with Crippen LogP contribution in [-0.4, -0.2) is 11.7 Å². The van der Waals surface area contributed by atoms with Gasteiger partial charge in [-0.25, -0.2) is 9.69 Å². The Morgan fingerprint density at radius 2 is 0.630 bits per heavy atom. The minimum atomic E-state index is -0.663. The second-order valence-electron chi connectivity index (χ2n) is 11.9. The number of hydrogen-bond donors (Lipinski definition) is 0. The number of benzene rings is 6. The molecule has 6 rings (SSSR count). The molecule has 0 heterocycles. The first-order valence-electron chi connectivity index (χ1n) is 15.4. The highest BCUT2D eigenvalue weighted by Gasteiger charge is 2.26. The maximum atomic E-state index is 13.8. The molecule has 0 aromatic heterocycles. The van der Waals surface area contributed by atoms with Crippen LogP contribution in [0.15, 0.2) is 170 Å². The molecule has 0 atom stereocenters. The van der Waals surface area contributed by atoms with Crippen LogP contribution in [0.3, 0.4) is 0 Å². The summed E-state index contributed by atoms with van der Waals surface area (Å²) in [4.78, 5) is 19.8. The van der Waals surface area contributed by atoms with E-state index in [-0.39, 0.29) is 0 Å². The maximum Gasteiger partial charge on any atom is 0.419 e. The number of amides is 1. The second kappa shape index (κ2) is 13.4. The molecule has 5 heteroatoms. The van der Waals surface area contributed by atoms with Crippen molar-refractivity contribution in [1.82, 2.24) is 0 Å². The predicted molar refractivity (Wildman–Crippen MR) is 191 cm³/mol. The lowest BCUT2D eigenvalue weighted by atomic mass is 10.1. The van der Waals surface area contributed by atoms with Crippen molar-refractivity contribution >= 4 is 51.6 Å². The zero-order valence-corrected chi connectivity index (χ0v) is 26.3. The van der Waals surface area contributed by atoms with E-state index in [9.17, 15) is 4.79 Å². The van der Waals surface area contributed by atoms with Crippen LogP contribution in [0.25, 0.3) is 0 Å². The van der Waals surface area contributed by atoms with Gasteiger partial charge in [-0.05, 0) is 118 Å². The first-order chi connectivity index (χ1) is 22.4. The van der Waals surface area contributed by atoms with Gasteiger partial charge in [-0.15, -0.1) is 0 Å². The van der Waals surface area contributed by atoms with Crippen molar-refractivity contribution in [3.05, 3.63) is 170 Å². The summed E-state index contributed by atoms with van der Waals surface area (Å²) in [7, 11) is 0. The number of nitrogens with zero attached hydrogens (tertiary/aromatic N) is 3. The minimum Gasteiger partial charge on any atom is -0.443 e. The number of carbonyl (C=O) groups is 1. The summed E-state index contributed by atoms with van der Waals surface area (Å²) in [6.45, 7) is 5.64. The summed E-state index contributed by atoms with van der Waals surface area (Å²) < 4.78 is 5.91. The summed E-state index contributed by atoms with van der Waals surface area (Å²) >= 11 is 0. The molecule has 1 amide bonds. The highest BCUT2D eigenvalue weighted by Crippen LogP contribution is 2.39. The fourth-order valence-electron chi connectivity index (χ4n) is 5.37. The van der Waals surface area contributed by atoms with Crippen LogP contribution < -0.4 is 14.7 Å². The standard InChI is InChI=1S/C41H37N3O2/c1-41(2,3)46-40(45)44(38-28-24-36(25-29-38)42(32-16-8-4-9-17-32)33-18-10-5-11-19-33)39-30-26-37(27-31-39)43(34-20-12-6-13-21-34)35-22-14-7-15-23-35/h4-31H,1-3H3. The van der Waals surface area contributed by atoms with Crippen molar-refractivity contribution in [1.29, 1.82) is 0 Å². The summed E-state index contributed by atoms with van der Waals surface area (Å²) in [5, 5.41) is 0. The number of rotatable bonds is 8. The van der Waals surface area contributed by atoms with Crippen LogP contribution in [0.4, 0.5) is 50.3 Å². The topological polar surface area (TPSA) is 36.0 Å². The molecule has 46 heavy (non-hydrogen) atoms. The number of carbonyl (C=O) groups excluding carboxylic acids is 1. The van der Waals surface area contributed by atoms with Crippen molar-refractivity contribution in [2.45, 2.75) is 26.4 Å². The quantitative estimate of drug-likeness (QED) is 0.173. The molecule has 0 aliphatic heterocycles. The Morgan fingerprint density at radius 1 is 0.391 bits per heavy atom. The zero-order valence-electron chi connectivity index (χ0n) is 26.3. The monoisotopic (exact) mass is 603 g/mol. The van der Waals surface area contributed by atoms with Gasteiger partial charge in [-0.1, -0.05) is 72.8 Å². The highest BCUT2D eigenvalue weighted by molar-refractivity contribution is 5.97. The van der Waals surface area contributed by atoms with Crippen LogP contribution in [0.5, 0.6) is 0 Å². The predicted octanol–water partition coefficient (Wildman–Crippen LogP) is 11.7. The molecule has 0 aliphatic rings. The molecule has 5 nitrogen and oxygen atoms in total. The first kappa shape index (κ1) is 30.2. The number of anilines is 8. The average molecular weight is 604 g/mol. The van der Waals surface area contributed by atoms with E-state index < -0.39 is 11.7 Å². The van der Waals surface area contributed by atoms with Gasteiger partial charge < -0.3 is 14.5 Å².